The van der Waals surface area contributed by atoms with E-state index < -0.39 is 17.8 Å². The van der Waals surface area contributed by atoms with Gasteiger partial charge in [-0.3, -0.25) is 4.90 Å². The summed E-state index contributed by atoms with van der Waals surface area (Å²) in [5.74, 6) is 0.148. The lowest BCUT2D eigenvalue weighted by atomic mass is 10.0. The highest BCUT2D eigenvalue weighted by atomic mass is 19.1. The highest BCUT2D eigenvalue weighted by molar-refractivity contribution is 5.21. The van der Waals surface area contributed by atoms with Gasteiger partial charge in [0.2, 0.25) is 0 Å². The minimum absolute atomic E-state index is 0.285. The number of hydrogen-bond donors (Lipinski definition) is 2. The second-order valence-electron chi connectivity index (χ2n) is 5.73. The molecular formula is C14H19FN2O2. The molecule has 2 fully saturated rings. The fourth-order valence-electron chi connectivity index (χ4n) is 3.45. The Morgan fingerprint density at radius 1 is 1.32 bits per heavy atom. The molecule has 1 aliphatic carbocycles. The first-order valence-electron chi connectivity index (χ1n) is 6.89. The zero-order valence-corrected chi connectivity index (χ0v) is 10.8. The summed E-state index contributed by atoms with van der Waals surface area (Å²) in [5, 5.41) is 19.2. The average molecular weight is 266 g/mol. The number of nitrogens with zero attached hydrogens (tertiary/aromatic N) is 2. The van der Waals surface area contributed by atoms with E-state index in [0.29, 0.717) is 6.54 Å². The third-order valence-electron chi connectivity index (χ3n) is 4.43. The molecule has 104 valence electrons. The van der Waals surface area contributed by atoms with Crippen molar-refractivity contribution in [3.8, 4) is 5.75 Å². The number of halogens is 1. The molecule has 5 heteroatoms. The first-order chi connectivity index (χ1) is 9.13. The molecule has 0 bridgehead atoms. The number of fused-ring (bicyclic) bond motifs is 1. The van der Waals surface area contributed by atoms with Crippen molar-refractivity contribution >= 4 is 0 Å². The van der Waals surface area contributed by atoms with Crippen molar-refractivity contribution in [3.63, 3.8) is 0 Å². The molecular weight excluding hydrogens is 247 g/mol. The van der Waals surface area contributed by atoms with Crippen molar-refractivity contribution in [1.29, 1.82) is 0 Å². The third kappa shape index (κ3) is 2.58. The molecule has 1 aromatic heterocycles. The van der Waals surface area contributed by atoms with E-state index in [-0.39, 0.29) is 5.69 Å². The molecule has 3 atom stereocenters. The maximum Gasteiger partial charge on any atom is 0.255 e. The minimum Gasteiger partial charge on any atom is -0.504 e. The SMILES string of the molecule is Oc1ccc(C(O)CN2CC3CCCC3C2)nc1F. The van der Waals surface area contributed by atoms with Gasteiger partial charge in [-0.05, 0) is 36.8 Å². The number of β-amino-alcohol motifs (C(OH)–C–C–N with tert-alkyl or cyclic N) is 1. The van der Waals surface area contributed by atoms with Crippen LogP contribution in [0, 0.1) is 17.8 Å². The Morgan fingerprint density at radius 2 is 2.00 bits per heavy atom. The van der Waals surface area contributed by atoms with Gasteiger partial charge in [-0.2, -0.15) is 4.39 Å². The summed E-state index contributed by atoms with van der Waals surface area (Å²) in [7, 11) is 0. The molecule has 4 nitrogen and oxygen atoms in total. The van der Waals surface area contributed by atoms with Gasteiger partial charge in [0.15, 0.2) is 5.75 Å². The van der Waals surface area contributed by atoms with E-state index in [0.717, 1.165) is 24.9 Å². The van der Waals surface area contributed by atoms with Crippen molar-refractivity contribution in [1.82, 2.24) is 9.88 Å². The predicted molar refractivity (Wildman–Crippen MR) is 68.1 cm³/mol. The van der Waals surface area contributed by atoms with Gasteiger partial charge in [-0.25, -0.2) is 4.98 Å². The maximum atomic E-state index is 13.2. The van der Waals surface area contributed by atoms with E-state index in [2.05, 4.69) is 9.88 Å². The molecule has 1 aliphatic heterocycles. The molecule has 0 aromatic carbocycles. The van der Waals surface area contributed by atoms with E-state index >= 15 is 0 Å². The number of aliphatic hydroxyl groups excluding tert-OH is 1. The monoisotopic (exact) mass is 266 g/mol. The van der Waals surface area contributed by atoms with Crippen LogP contribution in [0.5, 0.6) is 5.75 Å². The zero-order valence-electron chi connectivity index (χ0n) is 10.8. The van der Waals surface area contributed by atoms with Crippen LogP contribution in [-0.4, -0.2) is 39.7 Å². The van der Waals surface area contributed by atoms with Gasteiger partial charge in [0, 0.05) is 19.6 Å². The second kappa shape index (κ2) is 5.06. The van der Waals surface area contributed by atoms with E-state index in [1.54, 1.807) is 0 Å². The zero-order chi connectivity index (χ0) is 13.4. The number of aromatic nitrogens is 1. The summed E-state index contributed by atoms with van der Waals surface area (Å²) in [4.78, 5) is 5.84. The topological polar surface area (TPSA) is 56.6 Å². The molecule has 1 saturated carbocycles. The van der Waals surface area contributed by atoms with E-state index in [9.17, 15) is 9.50 Å². The highest BCUT2D eigenvalue weighted by Crippen LogP contribution is 2.38. The van der Waals surface area contributed by atoms with Crippen LogP contribution in [0.4, 0.5) is 4.39 Å². The molecule has 2 N–H and O–H groups in total. The minimum atomic E-state index is -0.921. The Hall–Kier alpha value is -1.20. The van der Waals surface area contributed by atoms with Crippen LogP contribution >= 0.6 is 0 Å². The van der Waals surface area contributed by atoms with Gasteiger partial charge < -0.3 is 10.2 Å². The second-order valence-corrected chi connectivity index (χ2v) is 5.73. The lowest BCUT2D eigenvalue weighted by Gasteiger charge is -2.20. The number of rotatable bonds is 3. The van der Waals surface area contributed by atoms with Crippen molar-refractivity contribution in [2.75, 3.05) is 19.6 Å². The van der Waals surface area contributed by atoms with Crippen LogP contribution in [-0.2, 0) is 0 Å². The average Bonchev–Trinajstić information content (AvgIpc) is 2.93. The summed E-state index contributed by atoms with van der Waals surface area (Å²) in [6, 6.07) is 2.71. The highest BCUT2D eigenvalue weighted by Gasteiger charge is 2.36. The summed E-state index contributed by atoms with van der Waals surface area (Å²) in [6.45, 7) is 2.55. The molecule has 2 heterocycles. The Bertz CT molecular complexity index is 457. The fourth-order valence-corrected chi connectivity index (χ4v) is 3.45. The summed E-state index contributed by atoms with van der Waals surface area (Å²) < 4.78 is 13.2. The summed E-state index contributed by atoms with van der Waals surface area (Å²) in [6.07, 6.45) is 3.12. The van der Waals surface area contributed by atoms with Gasteiger partial charge in [0.1, 0.15) is 6.10 Å². The Balaban J connectivity index is 1.62. The Labute approximate surface area is 111 Å². The van der Waals surface area contributed by atoms with Crippen LogP contribution < -0.4 is 0 Å². The number of aromatic hydroxyl groups is 1. The van der Waals surface area contributed by atoms with Crippen molar-refractivity contribution in [2.45, 2.75) is 25.4 Å². The normalized spacial score (nSPS) is 28.5. The van der Waals surface area contributed by atoms with Gasteiger partial charge in [-0.1, -0.05) is 6.42 Å². The quantitative estimate of drug-likeness (QED) is 0.817. The standard InChI is InChI=1S/C14H19FN2O2/c15-14-12(18)5-4-11(16-14)13(19)8-17-6-9-2-1-3-10(9)7-17/h4-5,9-10,13,18-19H,1-3,6-8H2. The number of aliphatic hydroxyl groups is 1. The maximum absolute atomic E-state index is 13.2. The van der Waals surface area contributed by atoms with Crippen LogP contribution in [0.1, 0.15) is 31.1 Å². The van der Waals surface area contributed by atoms with E-state index in [4.69, 9.17) is 5.11 Å². The molecule has 3 unspecified atom stereocenters. The molecule has 0 radical (unpaired) electrons. The van der Waals surface area contributed by atoms with Crippen LogP contribution in [0.15, 0.2) is 12.1 Å². The van der Waals surface area contributed by atoms with Crippen molar-refractivity contribution in [2.24, 2.45) is 11.8 Å². The lowest BCUT2D eigenvalue weighted by molar-refractivity contribution is 0.117. The lowest BCUT2D eigenvalue weighted by Crippen LogP contribution is -2.27. The first-order valence-corrected chi connectivity index (χ1v) is 6.89. The van der Waals surface area contributed by atoms with Gasteiger partial charge in [0.05, 0.1) is 5.69 Å². The molecule has 19 heavy (non-hydrogen) atoms. The molecule has 0 spiro atoms. The molecule has 2 aliphatic rings. The number of likely N-dealkylation sites (tertiary alicyclic amines) is 1. The van der Waals surface area contributed by atoms with E-state index in [1.165, 1.54) is 31.4 Å². The van der Waals surface area contributed by atoms with Gasteiger partial charge >= 0.3 is 0 Å². The fraction of sp³-hybridized carbons (Fsp3) is 0.643. The molecule has 1 saturated heterocycles. The molecule has 1 aromatic rings. The van der Waals surface area contributed by atoms with Gasteiger partial charge in [-0.15, -0.1) is 0 Å². The van der Waals surface area contributed by atoms with Gasteiger partial charge in [0.25, 0.3) is 5.95 Å². The third-order valence-corrected chi connectivity index (χ3v) is 4.43. The van der Waals surface area contributed by atoms with E-state index in [1.807, 2.05) is 0 Å². The van der Waals surface area contributed by atoms with Crippen LogP contribution in [0.2, 0.25) is 0 Å². The van der Waals surface area contributed by atoms with Crippen LogP contribution in [0.25, 0.3) is 0 Å². The summed E-state index contributed by atoms with van der Waals surface area (Å²) in [5.41, 5.74) is 0.285. The summed E-state index contributed by atoms with van der Waals surface area (Å²) >= 11 is 0. The largest absolute Gasteiger partial charge is 0.504 e. The predicted octanol–water partition coefficient (Wildman–Crippen LogP) is 1.69. The number of hydrogen-bond acceptors (Lipinski definition) is 4. The van der Waals surface area contributed by atoms with Crippen LogP contribution in [0.3, 0.4) is 0 Å². The Morgan fingerprint density at radius 3 is 2.63 bits per heavy atom. The first kappa shape index (κ1) is 12.8. The number of pyridine rings is 1. The molecule has 0 amide bonds. The Kier molecular flexibility index (Phi) is 3.41. The van der Waals surface area contributed by atoms with Crippen molar-refractivity contribution in [3.05, 3.63) is 23.8 Å². The molecule has 3 rings (SSSR count). The smallest absolute Gasteiger partial charge is 0.255 e. The van der Waals surface area contributed by atoms with Crippen molar-refractivity contribution < 1.29 is 14.6 Å².